The van der Waals surface area contributed by atoms with Crippen LogP contribution in [0, 0.1) is 18.8 Å². The highest BCUT2D eigenvalue weighted by Crippen LogP contribution is 2.29. The normalized spacial score (nSPS) is 23.9. The van der Waals surface area contributed by atoms with Gasteiger partial charge in [-0.25, -0.2) is 0 Å². The second-order valence-corrected chi connectivity index (χ2v) is 7.25. The number of nitrogens with zero attached hydrogens (tertiary/aromatic N) is 1. The van der Waals surface area contributed by atoms with Crippen molar-refractivity contribution in [2.45, 2.75) is 26.2 Å². The van der Waals surface area contributed by atoms with Crippen molar-refractivity contribution < 1.29 is 9.59 Å². The molecule has 2 amide bonds. The lowest BCUT2D eigenvalue weighted by Crippen LogP contribution is -2.44. The van der Waals surface area contributed by atoms with E-state index in [1.807, 2.05) is 18.2 Å². The molecule has 0 spiro atoms. The fraction of sp³-hybridized carbons (Fsp3) is 0.556. The number of nitrogens with one attached hydrogen (secondary N) is 2. The molecule has 6 heteroatoms. The molecule has 2 atom stereocenters. The molecule has 0 radical (unpaired) electrons. The van der Waals surface area contributed by atoms with Crippen molar-refractivity contribution in [3.63, 3.8) is 0 Å². The summed E-state index contributed by atoms with van der Waals surface area (Å²) in [6.07, 6.45) is 2.16. The first-order valence-corrected chi connectivity index (χ1v) is 8.96. The zero-order chi connectivity index (χ0) is 17.1. The van der Waals surface area contributed by atoms with Gasteiger partial charge in [-0.05, 0) is 43.4 Å². The third-order valence-corrected chi connectivity index (χ3v) is 5.23. The van der Waals surface area contributed by atoms with Gasteiger partial charge in [-0.1, -0.05) is 17.7 Å². The number of hydrogen-bond acceptors (Lipinski definition) is 3. The van der Waals surface area contributed by atoms with Gasteiger partial charge < -0.3 is 15.5 Å². The predicted octanol–water partition coefficient (Wildman–Crippen LogP) is 2.12. The minimum atomic E-state index is -0.0876. The van der Waals surface area contributed by atoms with Gasteiger partial charge in [0.2, 0.25) is 11.8 Å². The number of piperidine rings is 1. The van der Waals surface area contributed by atoms with Gasteiger partial charge in [0.25, 0.3) is 0 Å². The van der Waals surface area contributed by atoms with Gasteiger partial charge in [0.1, 0.15) is 0 Å². The second kappa shape index (κ2) is 7.43. The molecule has 1 aromatic rings. The summed E-state index contributed by atoms with van der Waals surface area (Å²) in [6.45, 7) is 5.17. The number of aryl methyl sites for hydroxylation is 1. The first-order chi connectivity index (χ1) is 11.5. The maximum absolute atomic E-state index is 12.2. The lowest BCUT2D eigenvalue weighted by atomic mass is 9.98. The van der Waals surface area contributed by atoms with E-state index in [1.54, 1.807) is 0 Å². The zero-order valence-electron chi connectivity index (χ0n) is 14.0. The number of anilines is 1. The molecule has 0 saturated carbocycles. The van der Waals surface area contributed by atoms with E-state index in [9.17, 15) is 9.59 Å². The van der Waals surface area contributed by atoms with Crippen LogP contribution < -0.4 is 15.5 Å². The minimum absolute atomic E-state index is 0.0439. The van der Waals surface area contributed by atoms with E-state index >= 15 is 0 Å². The Morgan fingerprint density at radius 1 is 1.42 bits per heavy atom. The van der Waals surface area contributed by atoms with E-state index in [0.717, 1.165) is 24.5 Å². The summed E-state index contributed by atoms with van der Waals surface area (Å²) in [4.78, 5) is 25.7. The topological polar surface area (TPSA) is 61.4 Å². The van der Waals surface area contributed by atoms with Crippen molar-refractivity contribution >= 4 is 29.1 Å². The highest BCUT2D eigenvalue weighted by atomic mass is 35.5. The van der Waals surface area contributed by atoms with Crippen molar-refractivity contribution in [1.29, 1.82) is 0 Å². The molecule has 0 aliphatic carbocycles. The molecular weight excluding hydrogens is 326 g/mol. The number of amides is 2. The number of halogens is 1. The fourth-order valence-electron chi connectivity index (χ4n) is 3.49. The number of carbonyl (C=O) groups excluding carboxylic acids is 2. The van der Waals surface area contributed by atoms with E-state index in [2.05, 4.69) is 22.5 Å². The molecule has 130 valence electrons. The standard InChI is InChI=1S/C18H24ClN3O2/c1-12-2-4-15(19)8-16(12)22-7-6-13(11-22)9-21-18(24)14-3-5-17(23)20-10-14/h2,4,8,13-14H,3,5-7,9-11H2,1H3,(H,20,23)(H,21,24)/t13-,14+/m1/s1. The molecule has 2 aliphatic rings. The second-order valence-electron chi connectivity index (χ2n) is 6.82. The first-order valence-electron chi connectivity index (χ1n) is 8.58. The lowest BCUT2D eigenvalue weighted by Gasteiger charge is -2.23. The lowest BCUT2D eigenvalue weighted by molar-refractivity contribution is -0.129. The Balaban J connectivity index is 1.49. The molecule has 5 nitrogen and oxygen atoms in total. The number of carbonyl (C=O) groups is 2. The Hall–Kier alpha value is -1.75. The number of benzene rings is 1. The average molecular weight is 350 g/mol. The van der Waals surface area contributed by atoms with E-state index in [0.29, 0.717) is 31.8 Å². The Bertz CT molecular complexity index is 625. The van der Waals surface area contributed by atoms with Crippen LogP contribution in [-0.2, 0) is 9.59 Å². The van der Waals surface area contributed by atoms with Gasteiger partial charge >= 0.3 is 0 Å². The van der Waals surface area contributed by atoms with Gasteiger partial charge in [0.05, 0.1) is 5.92 Å². The van der Waals surface area contributed by atoms with Gasteiger partial charge in [-0.15, -0.1) is 0 Å². The molecule has 3 rings (SSSR count). The Morgan fingerprint density at radius 2 is 2.25 bits per heavy atom. The van der Waals surface area contributed by atoms with Crippen molar-refractivity contribution in [2.75, 3.05) is 31.1 Å². The fourth-order valence-corrected chi connectivity index (χ4v) is 3.65. The van der Waals surface area contributed by atoms with Gasteiger partial charge in [0.15, 0.2) is 0 Å². The predicted molar refractivity (Wildman–Crippen MR) is 95.3 cm³/mol. The van der Waals surface area contributed by atoms with Gasteiger partial charge in [0, 0.05) is 43.3 Å². The van der Waals surface area contributed by atoms with Crippen LogP contribution in [0.15, 0.2) is 18.2 Å². The molecule has 24 heavy (non-hydrogen) atoms. The molecule has 0 bridgehead atoms. The van der Waals surface area contributed by atoms with E-state index < -0.39 is 0 Å². The van der Waals surface area contributed by atoms with Crippen LogP contribution in [0.2, 0.25) is 5.02 Å². The monoisotopic (exact) mass is 349 g/mol. The highest BCUT2D eigenvalue weighted by molar-refractivity contribution is 6.30. The Morgan fingerprint density at radius 3 is 3.00 bits per heavy atom. The van der Waals surface area contributed by atoms with Crippen LogP contribution in [-0.4, -0.2) is 38.0 Å². The van der Waals surface area contributed by atoms with Gasteiger partial charge in [-0.3, -0.25) is 9.59 Å². The van der Waals surface area contributed by atoms with Crippen molar-refractivity contribution in [1.82, 2.24) is 10.6 Å². The molecular formula is C18H24ClN3O2. The Kier molecular flexibility index (Phi) is 5.29. The van der Waals surface area contributed by atoms with Gasteiger partial charge in [-0.2, -0.15) is 0 Å². The van der Waals surface area contributed by atoms with E-state index in [1.165, 1.54) is 11.3 Å². The van der Waals surface area contributed by atoms with Crippen molar-refractivity contribution in [3.05, 3.63) is 28.8 Å². The summed E-state index contributed by atoms with van der Waals surface area (Å²) in [6, 6.07) is 5.98. The molecule has 0 aromatic heterocycles. The van der Waals surface area contributed by atoms with Crippen LogP contribution in [0.4, 0.5) is 5.69 Å². The molecule has 2 aliphatic heterocycles. The largest absolute Gasteiger partial charge is 0.371 e. The Labute approximate surface area is 147 Å². The number of hydrogen-bond donors (Lipinski definition) is 2. The van der Waals surface area contributed by atoms with Crippen LogP contribution in [0.1, 0.15) is 24.8 Å². The third kappa shape index (κ3) is 4.01. The smallest absolute Gasteiger partial charge is 0.224 e. The van der Waals surface area contributed by atoms with Crippen LogP contribution >= 0.6 is 11.6 Å². The molecule has 2 saturated heterocycles. The zero-order valence-corrected chi connectivity index (χ0v) is 14.7. The summed E-state index contributed by atoms with van der Waals surface area (Å²) in [7, 11) is 0. The van der Waals surface area contributed by atoms with E-state index in [-0.39, 0.29) is 17.7 Å². The maximum atomic E-state index is 12.2. The molecule has 2 heterocycles. The summed E-state index contributed by atoms with van der Waals surface area (Å²) in [5.74, 6) is 0.468. The third-order valence-electron chi connectivity index (χ3n) is 5.00. The molecule has 1 aromatic carbocycles. The van der Waals surface area contributed by atoms with Crippen LogP contribution in [0.3, 0.4) is 0 Å². The maximum Gasteiger partial charge on any atom is 0.224 e. The van der Waals surface area contributed by atoms with Crippen molar-refractivity contribution in [2.24, 2.45) is 11.8 Å². The summed E-state index contributed by atoms with van der Waals surface area (Å²) < 4.78 is 0. The first kappa shape index (κ1) is 17.1. The summed E-state index contributed by atoms with van der Waals surface area (Å²) in [5, 5.41) is 6.58. The van der Waals surface area contributed by atoms with Crippen molar-refractivity contribution in [3.8, 4) is 0 Å². The van der Waals surface area contributed by atoms with E-state index in [4.69, 9.17) is 11.6 Å². The summed E-state index contributed by atoms with van der Waals surface area (Å²) in [5.41, 5.74) is 2.41. The van der Waals surface area contributed by atoms with Crippen LogP contribution in [0.5, 0.6) is 0 Å². The highest BCUT2D eigenvalue weighted by Gasteiger charge is 2.27. The van der Waals surface area contributed by atoms with Crippen LogP contribution in [0.25, 0.3) is 0 Å². The quantitative estimate of drug-likeness (QED) is 0.875. The minimum Gasteiger partial charge on any atom is -0.371 e. The average Bonchev–Trinajstić information content (AvgIpc) is 3.04. The summed E-state index contributed by atoms with van der Waals surface area (Å²) >= 11 is 6.12. The SMILES string of the molecule is Cc1ccc(Cl)cc1N1CC[C@H](CNC(=O)[C@H]2CCC(=O)NC2)C1. The molecule has 2 fully saturated rings. The number of rotatable bonds is 4. The molecule has 2 N–H and O–H groups in total. The molecule has 0 unspecified atom stereocenters.